The highest BCUT2D eigenvalue weighted by atomic mass is 19.4. The van der Waals surface area contributed by atoms with Crippen molar-refractivity contribution in [1.29, 1.82) is 0 Å². The number of benzene rings is 1. The van der Waals surface area contributed by atoms with E-state index in [2.05, 4.69) is 0 Å². The molecule has 0 aliphatic carbocycles. The number of halogens is 3. The van der Waals surface area contributed by atoms with Crippen LogP contribution in [0.4, 0.5) is 13.2 Å². The number of rotatable bonds is 3. The largest absolute Gasteiger partial charge is 0.416 e. The predicted molar refractivity (Wildman–Crippen MR) is 62.8 cm³/mol. The number of carbonyl (C=O) groups excluding carboxylic acids is 1. The molecule has 0 bridgehead atoms. The van der Waals surface area contributed by atoms with Crippen molar-refractivity contribution in [3.8, 4) is 0 Å². The first kappa shape index (κ1) is 14.5. The average Bonchev–Trinajstić information content (AvgIpc) is 2.27. The molecule has 1 aromatic rings. The molecule has 0 fully saturated rings. The fraction of sp³-hybridized carbons (Fsp3) is 0.462. The van der Waals surface area contributed by atoms with Gasteiger partial charge in [0.05, 0.1) is 5.56 Å². The van der Waals surface area contributed by atoms with Crippen LogP contribution in [0.3, 0.4) is 0 Å². The Morgan fingerprint density at radius 2 is 1.83 bits per heavy atom. The fourth-order valence-electron chi connectivity index (χ4n) is 1.71. The summed E-state index contributed by atoms with van der Waals surface area (Å²) >= 11 is 0. The lowest BCUT2D eigenvalue weighted by Crippen LogP contribution is -2.30. The molecule has 5 heteroatoms. The molecule has 0 atom stereocenters. The highest BCUT2D eigenvalue weighted by molar-refractivity contribution is 5.77. The van der Waals surface area contributed by atoms with E-state index in [0.717, 1.165) is 6.07 Å². The molecule has 0 heterocycles. The van der Waals surface area contributed by atoms with Crippen molar-refractivity contribution >= 4 is 5.91 Å². The van der Waals surface area contributed by atoms with E-state index < -0.39 is 11.7 Å². The molecule has 1 aromatic carbocycles. The van der Waals surface area contributed by atoms with Crippen molar-refractivity contribution in [3.05, 3.63) is 35.4 Å². The van der Waals surface area contributed by atoms with Crippen molar-refractivity contribution in [3.63, 3.8) is 0 Å². The second kappa shape index (κ2) is 5.42. The summed E-state index contributed by atoms with van der Waals surface area (Å²) in [5, 5.41) is 0. The molecule has 0 spiro atoms. The Morgan fingerprint density at radius 1 is 1.28 bits per heavy atom. The van der Waals surface area contributed by atoms with Crippen LogP contribution >= 0.6 is 0 Å². The first-order valence-electron chi connectivity index (χ1n) is 5.63. The summed E-state index contributed by atoms with van der Waals surface area (Å²) in [5.41, 5.74) is -0.574. The zero-order valence-electron chi connectivity index (χ0n) is 10.6. The van der Waals surface area contributed by atoms with Gasteiger partial charge in [0.15, 0.2) is 0 Å². The lowest BCUT2D eigenvalue weighted by molar-refractivity contribution is -0.140. The molecule has 1 amide bonds. The van der Waals surface area contributed by atoms with Crippen LogP contribution in [0, 0.1) is 5.92 Å². The molecular weight excluding hydrogens is 243 g/mol. The second-order valence-corrected chi connectivity index (χ2v) is 4.50. The van der Waals surface area contributed by atoms with Crippen molar-refractivity contribution in [1.82, 2.24) is 4.90 Å². The molecule has 0 radical (unpaired) electrons. The van der Waals surface area contributed by atoms with Crippen LogP contribution in [0.1, 0.15) is 25.0 Å². The number of amides is 1. The maximum absolute atomic E-state index is 12.8. The first-order chi connectivity index (χ1) is 8.23. The maximum atomic E-state index is 12.8. The van der Waals surface area contributed by atoms with Gasteiger partial charge < -0.3 is 4.90 Å². The van der Waals surface area contributed by atoms with Gasteiger partial charge in [-0.2, -0.15) is 13.2 Å². The fourth-order valence-corrected chi connectivity index (χ4v) is 1.71. The quantitative estimate of drug-likeness (QED) is 0.815. The van der Waals surface area contributed by atoms with Gasteiger partial charge in [-0.3, -0.25) is 4.79 Å². The zero-order valence-corrected chi connectivity index (χ0v) is 10.6. The summed E-state index contributed by atoms with van der Waals surface area (Å²) in [6.45, 7) is 3.40. The molecule has 0 N–H and O–H groups in total. The summed E-state index contributed by atoms with van der Waals surface area (Å²) in [6.07, 6.45) is -4.39. The standard InChI is InChI=1S/C13H16F3NO/c1-9(2)12(18)17(3)8-10-6-4-5-7-11(10)13(14,15)16/h4-7,9H,8H2,1-3H3. The third-order valence-corrected chi connectivity index (χ3v) is 2.60. The van der Waals surface area contributed by atoms with Gasteiger partial charge in [0.25, 0.3) is 0 Å². The molecule has 0 aromatic heterocycles. The molecule has 100 valence electrons. The summed E-state index contributed by atoms with van der Waals surface area (Å²) in [5.74, 6) is -0.403. The van der Waals surface area contributed by atoms with Gasteiger partial charge in [-0.15, -0.1) is 0 Å². The molecule has 2 nitrogen and oxygen atoms in total. The van der Waals surface area contributed by atoms with E-state index in [-0.39, 0.29) is 23.9 Å². The van der Waals surface area contributed by atoms with Crippen LogP contribution in [0.5, 0.6) is 0 Å². The minimum Gasteiger partial charge on any atom is -0.341 e. The second-order valence-electron chi connectivity index (χ2n) is 4.50. The van der Waals surface area contributed by atoms with Gasteiger partial charge in [-0.05, 0) is 11.6 Å². The van der Waals surface area contributed by atoms with Crippen LogP contribution in [-0.2, 0) is 17.5 Å². The van der Waals surface area contributed by atoms with Crippen LogP contribution in [0.2, 0.25) is 0 Å². The van der Waals surface area contributed by atoms with E-state index in [1.54, 1.807) is 13.8 Å². The Hall–Kier alpha value is -1.52. The van der Waals surface area contributed by atoms with Crippen LogP contribution < -0.4 is 0 Å². The van der Waals surface area contributed by atoms with E-state index in [0.29, 0.717) is 0 Å². The molecule has 0 unspecified atom stereocenters. The van der Waals surface area contributed by atoms with Crippen molar-refractivity contribution in [2.45, 2.75) is 26.6 Å². The number of alkyl halides is 3. The van der Waals surface area contributed by atoms with Crippen LogP contribution in [0.15, 0.2) is 24.3 Å². The maximum Gasteiger partial charge on any atom is 0.416 e. The van der Waals surface area contributed by atoms with E-state index >= 15 is 0 Å². The molecule has 0 aliphatic rings. The first-order valence-corrected chi connectivity index (χ1v) is 5.63. The molecular formula is C13H16F3NO. The third kappa shape index (κ3) is 3.48. The molecule has 0 saturated carbocycles. The molecule has 1 rings (SSSR count). The Kier molecular flexibility index (Phi) is 4.38. The lowest BCUT2D eigenvalue weighted by Gasteiger charge is -2.21. The Morgan fingerprint density at radius 3 is 2.33 bits per heavy atom. The summed E-state index contributed by atoms with van der Waals surface area (Å²) < 4.78 is 38.3. The van der Waals surface area contributed by atoms with E-state index in [9.17, 15) is 18.0 Å². The van der Waals surface area contributed by atoms with E-state index in [1.165, 1.54) is 30.1 Å². The van der Waals surface area contributed by atoms with Gasteiger partial charge in [-0.25, -0.2) is 0 Å². The Labute approximate surface area is 104 Å². The number of nitrogens with zero attached hydrogens (tertiary/aromatic N) is 1. The smallest absolute Gasteiger partial charge is 0.341 e. The van der Waals surface area contributed by atoms with Gasteiger partial charge in [0.2, 0.25) is 5.91 Å². The zero-order chi connectivity index (χ0) is 13.9. The highest BCUT2D eigenvalue weighted by Crippen LogP contribution is 2.32. The summed E-state index contributed by atoms with van der Waals surface area (Å²) in [7, 11) is 1.51. The van der Waals surface area contributed by atoms with E-state index in [1.807, 2.05) is 0 Å². The van der Waals surface area contributed by atoms with Gasteiger partial charge in [-0.1, -0.05) is 32.0 Å². The van der Waals surface area contributed by atoms with Gasteiger partial charge in [0.1, 0.15) is 0 Å². The molecule has 0 aliphatic heterocycles. The molecule has 18 heavy (non-hydrogen) atoms. The normalized spacial score (nSPS) is 11.7. The average molecular weight is 259 g/mol. The molecule has 0 saturated heterocycles. The Balaban J connectivity index is 2.95. The number of hydrogen-bond donors (Lipinski definition) is 0. The van der Waals surface area contributed by atoms with Crippen molar-refractivity contribution in [2.75, 3.05) is 7.05 Å². The topological polar surface area (TPSA) is 20.3 Å². The SMILES string of the molecule is CC(C)C(=O)N(C)Cc1ccccc1C(F)(F)F. The van der Waals surface area contributed by atoms with Gasteiger partial charge in [0, 0.05) is 19.5 Å². The minimum atomic E-state index is -4.39. The van der Waals surface area contributed by atoms with Crippen molar-refractivity contribution < 1.29 is 18.0 Å². The third-order valence-electron chi connectivity index (χ3n) is 2.60. The monoisotopic (exact) mass is 259 g/mol. The highest BCUT2D eigenvalue weighted by Gasteiger charge is 2.33. The Bertz CT molecular complexity index is 426. The lowest BCUT2D eigenvalue weighted by atomic mass is 10.1. The van der Waals surface area contributed by atoms with Crippen molar-refractivity contribution in [2.24, 2.45) is 5.92 Å². The van der Waals surface area contributed by atoms with Gasteiger partial charge >= 0.3 is 6.18 Å². The van der Waals surface area contributed by atoms with Crippen LogP contribution in [0.25, 0.3) is 0 Å². The number of carbonyl (C=O) groups is 1. The summed E-state index contributed by atoms with van der Waals surface area (Å²) in [6, 6.07) is 5.31. The number of hydrogen-bond acceptors (Lipinski definition) is 1. The minimum absolute atomic E-state index is 0.0350. The van der Waals surface area contributed by atoms with Crippen LogP contribution in [-0.4, -0.2) is 17.9 Å². The predicted octanol–water partition coefficient (Wildman–Crippen LogP) is 3.32. The van der Waals surface area contributed by atoms with E-state index in [4.69, 9.17) is 0 Å². The summed E-state index contributed by atoms with van der Waals surface area (Å²) in [4.78, 5) is 13.0.